The van der Waals surface area contributed by atoms with Crippen LogP contribution >= 0.6 is 0 Å². The molecule has 0 aliphatic rings. The van der Waals surface area contributed by atoms with Crippen molar-refractivity contribution in [3.05, 3.63) is 106 Å². The predicted molar refractivity (Wildman–Crippen MR) is 120 cm³/mol. The van der Waals surface area contributed by atoms with Gasteiger partial charge in [0.1, 0.15) is 11.5 Å². The van der Waals surface area contributed by atoms with Crippen molar-refractivity contribution in [1.82, 2.24) is 5.43 Å². The quantitative estimate of drug-likeness (QED) is 0.255. The molecule has 32 heavy (non-hydrogen) atoms. The number of carbonyl (C=O) groups is 1. The van der Waals surface area contributed by atoms with E-state index in [0.29, 0.717) is 11.3 Å². The Bertz CT molecular complexity index is 1350. The van der Waals surface area contributed by atoms with Crippen molar-refractivity contribution in [3.8, 4) is 17.2 Å². The maximum Gasteiger partial charge on any atom is 0.311 e. The first-order chi connectivity index (χ1) is 15.5. The average molecular weight is 427 g/mol. The van der Waals surface area contributed by atoms with E-state index in [1.54, 1.807) is 42.5 Å². The maximum atomic E-state index is 12.5. The van der Waals surface area contributed by atoms with Crippen LogP contribution in [0, 0.1) is 10.1 Å². The first kappa shape index (κ1) is 20.5. The van der Waals surface area contributed by atoms with Crippen LogP contribution in [0.15, 0.2) is 90.0 Å². The van der Waals surface area contributed by atoms with E-state index in [9.17, 15) is 20.0 Å². The van der Waals surface area contributed by atoms with Crippen LogP contribution in [0.2, 0.25) is 0 Å². The first-order valence-electron chi connectivity index (χ1n) is 9.58. The van der Waals surface area contributed by atoms with Crippen molar-refractivity contribution in [2.75, 3.05) is 0 Å². The highest BCUT2D eigenvalue weighted by Crippen LogP contribution is 2.32. The highest BCUT2D eigenvalue weighted by atomic mass is 16.6. The summed E-state index contributed by atoms with van der Waals surface area (Å²) in [7, 11) is 0. The van der Waals surface area contributed by atoms with Gasteiger partial charge in [-0.25, -0.2) is 5.43 Å². The third-order valence-corrected chi connectivity index (χ3v) is 4.68. The highest BCUT2D eigenvalue weighted by molar-refractivity contribution is 6.01. The molecule has 0 heterocycles. The van der Waals surface area contributed by atoms with Gasteiger partial charge in [0.2, 0.25) is 5.75 Å². The van der Waals surface area contributed by atoms with Crippen molar-refractivity contribution in [2.45, 2.75) is 0 Å². The Hall–Kier alpha value is -4.72. The lowest BCUT2D eigenvalue weighted by molar-refractivity contribution is -0.385. The van der Waals surface area contributed by atoms with Crippen molar-refractivity contribution in [1.29, 1.82) is 0 Å². The molecule has 8 heteroatoms. The number of carbonyl (C=O) groups excluding carboxylic acids is 1. The van der Waals surface area contributed by atoms with Gasteiger partial charge in [0.15, 0.2) is 0 Å². The number of nitrogens with zero attached hydrogens (tertiary/aromatic N) is 2. The Balaban J connectivity index is 1.53. The third-order valence-electron chi connectivity index (χ3n) is 4.68. The predicted octanol–water partition coefficient (Wildman–Crippen LogP) is 5.01. The van der Waals surface area contributed by atoms with E-state index in [4.69, 9.17) is 4.74 Å². The molecule has 0 radical (unpaired) electrons. The Morgan fingerprint density at radius 3 is 2.31 bits per heavy atom. The molecular weight excluding hydrogens is 410 g/mol. The van der Waals surface area contributed by atoms with Crippen LogP contribution in [0.25, 0.3) is 10.8 Å². The fourth-order valence-corrected chi connectivity index (χ4v) is 3.12. The second-order valence-corrected chi connectivity index (χ2v) is 6.78. The number of phenols is 1. The maximum absolute atomic E-state index is 12.5. The molecule has 4 rings (SSSR count). The van der Waals surface area contributed by atoms with E-state index in [0.717, 1.165) is 10.8 Å². The SMILES string of the molecule is O=C(NN=Cc1ccccc1Oc1ccccc1[N+](=O)[O-])c1cc2ccccc2cc1O. The molecular formula is C24H17N3O5. The van der Waals surface area contributed by atoms with Gasteiger partial charge in [-0.2, -0.15) is 5.10 Å². The van der Waals surface area contributed by atoms with Crippen molar-refractivity contribution in [2.24, 2.45) is 5.10 Å². The summed E-state index contributed by atoms with van der Waals surface area (Å²) in [5.74, 6) is -0.324. The number of rotatable bonds is 6. The molecule has 4 aromatic rings. The molecule has 0 aliphatic carbocycles. The molecule has 0 unspecified atom stereocenters. The summed E-state index contributed by atoms with van der Waals surface area (Å²) in [4.78, 5) is 23.2. The molecule has 0 fully saturated rings. The molecule has 0 aromatic heterocycles. The monoisotopic (exact) mass is 427 g/mol. The van der Waals surface area contributed by atoms with Gasteiger partial charge in [-0.1, -0.05) is 48.5 Å². The van der Waals surface area contributed by atoms with E-state index in [2.05, 4.69) is 10.5 Å². The van der Waals surface area contributed by atoms with Gasteiger partial charge in [-0.3, -0.25) is 14.9 Å². The molecule has 0 saturated carbocycles. The summed E-state index contributed by atoms with van der Waals surface area (Å²) in [6, 6.07) is 23.3. The second kappa shape index (κ2) is 8.97. The number of hydrazone groups is 1. The molecule has 4 aromatic carbocycles. The molecule has 0 aliphatic heterocycles. The zero-order valence-corrected chi connectivity index (χ0v) is 16.6. The Kier molecular flexibility index (Phi) is 5.76. The van der Waals surface area contributed by atoms with Crippen LogP contribution in [0.5, 0.6) is 17.2 Å². The Morgan fingerprint density at radius 1 is 0.938 bits per heavy atom. The number of nitro groups is 1. The van der Waals surface area contributed by atoms with Crippen LogP contribution in [0.3, 0.4) is 0 Å². The average Bonchev–Trinajstić information content (AvgIpc) is 2.80. The standard InChI is InChI=1S/C24H17N3O5/c28-21-14-17-8-2-1-7-16(17)13-19(21)24(29)26-25-15-18-9-3-5-11-22(18)32-23-12-6-4-10-20(23)27(30)31/h1-15,28H,(H,26,29). The topological polar surface area (TPSA) is 114 Å². The highest BCUT2D eigenvalue weighted by Gasteiger charge is 2.16. The van der Waals surface area contributed by atoms with Gasteiger partial charge in [-0.05, 0) is 41.1 Å². The minimum absolute atomic E-state index is 0.0865. The number of nitro benzene ring substituents is 1. The van der Waals surface area contributed by atoms with E-state index < -0.39 is 10.8 Å². The fourth-order valence-electron chi connectivity index (χ4n) is 3.12. The van der Waals surface area contributed by atoms with Gasteiger partial charge in [0.05, 0.1) is 16.7 Å². The summed E-state index contributed by atoms with van der Waals surface area (Å²) in [5, 5.41) is 27.0. The molecule has 1 amide bonds. The largest absolute Gasteiger partial charge is 0.507 e. The number of ether oxygens (including phenoxy) is 1. The summed E-state index contributed by atoms with van der Waals surface area (Å²) in [5.41, 5.74) is 2.80. The van der Waals surface area contributed by atoms with Crippen molar-refractivity contribution >= 4 is 28.6 Å². The number of fused-ring (bicyclic) bond motifs is 1. The lowest BCUT2D eigenvalue weighted by Crippen LogP contribution is -2.17. The molecule has 0 bridgehead atoms. The number of aromatic hydroxyl groups is 1. The molecule has 0 atom stereocenters. The molecule has 0 saturated heterocycles. The molecule has 158 valence electrons. The summed E-state index contributed by atoms with van der Waals surface area (Å²) >= 11 is 0. The van der Waals surface area contributed by atoms with Crippen LogP contribution in [0.1, 0.15) is 15.9 Å². The number of nitrogens with one attached hydrogen (secondary N) is 1. The van der Waals surface area contributed by atoms with Crippen LogP contribution in [-0.4, -0.2) is 22.2 Å². The lowest BCUT2D eigenvalue weighted by Gasteiger charge is -2.09. The van der Waals surface area contributed by atoms with E-state index in [-0.39, 0.29) is 22.7 Å². The number of hydrogen-bond donors (Lipinski definition) is 2. The van der Waals surface area contributed by atoms with Gasteiger partial charge < -0.3 is 9.84 Å². The van der Waals surface area contributed by atoms with Crippen molar-refractivity contribution in [3.63, 3.8) is 0 Å². The number of amides is 1. The van der Waals surface area contributed by atoms with E-state index in [1.807, 2.05) is 24.3 Å². The number of benzene rings is 4. The Morgan fingerprint density at radius 2 is 1.56 bits per heavy atom. The molecule has 8 nitrogen and oxygen atoms in total. The van der Waals surface area contributed by atoms with Gasteiger partial charge in [0.25, 0.3) is 5.91 Å². The summed E-state index contributed by atoms with van der Waals surface area (Å²) in [6.45, 7) is 0. The first-order valence-corrected chi connectivity index (χ1v) is 9.58. The fraction of sp³-hybridized carbons (Fsp3) is 0. The van der Waals surface area contributed by atoms with Gasteiger partial charge in [-0.15, -0.1) is 0 Å². The summed E-state index contributed by atoms with van der Waals surface area (Å²) < 4.78 is 5.73. The zero-order chi connectivity index (χ0) is 22.5. The minimum Gasteiger partial charge on any atom is -0.507 e. The zero-order valence-electron chi connectivity index (χ0n) is 16.6. The van der Waals surface area contributed by atoms with Gasteiger partial charge in [0, 0.05) is 11.6 Å². The van der Waals surface area contributed by atoms with Crippen molar-refractivity contribution < 1.29 is 19.6 Å². The number of para-hydroxylation sites is 3. The third kappa shape index (κ3) is 4.39. The second-order valence-electron chi connectivity index (χ2n) is 6.78. The van der Waals surface area contributed by atoms with Gasteiger partial charge >= 0.3 is 5.69 Å². The molecule has 0 spiro atoms. The van der Waals surface area contributed by atoms with Crippen LogP contribution in [0.4, 0.5) is 5.69 Å². The minimum atomic E-state index is -0.582. The normalized spacial score (nSPS) is 10.9. The molecule has 2 N–H and O–H groups in total. The number of phenolic OH excluding ortho intramolecular Hbond substituents is 1. The summed E-state index contributed by atoms with van der Waals surface area (Å²) in [6.07, 6.45) is 1.36. The Labute approximate surface area is 182 Å². The smallest absolute Gasteiger partial charge is 0.311 e. The van der Waals surface area contributed by atoms with Crippen LogP contribution < -0.4 is 10.2 Å². The van der Waals surface area contributed by atoms with E-state index >= 15 is 0 Å². The van der Waals surface area contributed by atoms with E-state index in [1.165, 1.54) is 24.4 Å². The lowest BCUT2D eigenvalue weighted by atomic mass is 10.1. The number of hydrogen-bond acceptors (Lipinski definition) is 6. The van der Waals surface area contributed by atoms with Crippen LogP contribution in [-0.2, 0) is 0 Å².